The fraction of sp³-hybridized carbons (Fsp3) is 0.125. The number of halogens is 3. The second-order valence-corrected chi connectivity index (χ2v) is 2.47. The number of carbonyl (C=O) groups excluding carboxylic acids is 1. The average Bonchev–Trinajstić information content (AvgIpc) is 2.07. The molecule has 1 aromatic carbocycles. The van der Waals surface area contributed by atoms with Crippen LogP contribution in [0.2, 0.25) is 0 Å². The van der Waals surface area contributed by atoms with Gasteiger partial charge in [-0.1, -0.05) is 12.1 Å². The Morgan fingerprint density at radius 2 is 1.86 bits per heavy atom. The van der Waals surface area contributed by atoms with E-state index >= 15 is 0 Å². The van der Waals surface area contributed by atoms with E-state index in [1.165, 1.54) is 29.6 Å². The highest BCUT2D eigenvalue weighted by Gasteiger charge is 2.38. The highest BCUT2D eigenvalue weighted by molar-refractivity contribution is 5.96. The first kappa shape index (κ1) is 10.4. The molecule has 3 nitrogen and oxygen atoms in total. The zero-order chi connectivity index (χ0) is 10.8. The monoisotopic (exact) mass is 205 g/mol. The number of nitrogens with one attached hydrogen (secondary N) is 1. The quantitative estimate of drug-likeness (QED) is 0.688. The number of hydrogen-bond acceptors (Lipinski definition) is 2. The maximum absolute atomic E-state index is 11.8. The predicted molar refractivity (Wildman–Crippen MR) is 42.8 cm³/mol. The van der Waals surface area contributed by atoms with E-state index in [4.69, 9.17) is 5.11 Å². The number of benzene rings is 1. The Kier molecular flexibility index (Phi) is 2.64. The molecule has 0 atom stereocenters. The molecule has 0 heterocycles. The minimum Gasteiger partial charge on any atom is -0.506 e. The van der Waals surface area contributed by atoms with Crippen molar-refractivity contribution in [1.82, 2.24) is 0 Å². The van der Waals surface area contributed by atoms with Crippen molar-refractivity contribution in [2.75, 3.05) is 5.32 Å². The lowest BCUT2D eigenvalue weighted by Crippen LogP contribution is -2.29. The molecular formula is C8H6F3NO2. The molecule has 0 spiro atoms. The van der Waals surface area contributed by atoms with Gasteiger partial charge in [0.2, 0.25) is 0 Å². The maximum atomic E-state index is 11.8. The fourth-order valence-corrected chi connectivity index (χ4v) is 0.773. The summed E-state index contributed by atoms with van der Waals surface area (Å²) in [6.45, 7) is 0. The number of rotatable bonds is 1. The Balaban J connectivity index is 2.80. The van der Waals surface area contributed by atoms with Crippen molar-refractivity contribution in [3.63, 3.8) is 0 Å². The number of para-hydroxylation sites is 2. The number of phenols is 1. The minimum atomic E-state index is -4.96. The van der Waals surface area contributed by atoms with E-state index in [0.29, 0.717) is 0 Å². The van der Waals surface area contributed by atoms with Gasteiger partial charge < -0.3 is 10.4 Å². The first-order valence-corrected chi connectivity index (χ1v) is 3.57. The van der Waals surface area contributed by atoms with Crippen molar-refractivity contribution in [1.29, 1.82) is 0 Å². The molecule has 1 rings (SSSR count). The Labute approximate surface area is 77.2 Å². The molecule has 0 bridgehead atoms. The third kappa shape index (κ3) is 2.38. The summed E-state index contributed by atoms with van der Waals surface area (Å²) in [6.07, 6.45) is -4.96. The van der Waals surface area contributed by atoms with Crippen molar-refractivity contribution >= 4 is 11.6 Å². The number of carbonyl (C=O) groups is 1. The molecule has 6 heteroatoms. The average molecular weight is 205 g/mol. The van der Waals surface area contributed by atoms with Crippen LogP contribution in [0.25, 0.3) is 0 Å². The van der Waals surface area contributed by atoms with Gasteiger partial charge in [-0.15, -0.1) is 0 Å². The number of phenolic OH excluding ortho intramolecular Hbond substituents is 1. The Hall–Kier alpha value is -1.72. The van der Waals surface area contributed by atoms with Gasteiger partial charge in [0.15, 0.2) is 0 Å². The molecule has 0 aliphatic carbocycles. The van der Waals surface area contributed by atoms with Gasteiger partial charge in [0.25, 0.3) is 0 Å². The largest absolute Gasteiger partial charge is 0.506 e. The number of anilines is 1. The predicted octanol–water partition coefficient (Wildman–Crippen LogP) is 1.89. The molecule has 0 aromatic heterocycles. The molecule has 1 aromatic rings. The van der Waals surface area contributed by atoms with Crippen LogP contribution in [0.3, 0.4) is 0 Å². The molecule has 76 valence electrons. The Morgan fingerprint density at radius 3 is 2.36 bits per heavy atom. The highest BCUT2D eigenvalue weighted by Crippen LogP contribution is 2.24. The maximum Gasteiger partial charge on any atom is 0.471 e. The summed E-state index contributed by atoms with van der Waals surface area (Å²) in [5, 5.41) is 10.6. The third-order valence-electron chi connectivity index (χ3n) is 1.41. The van der Waals surface area contributed by atoms with Gasteiger partial charge in [0, 0.05) is 0 Å². The van der Waals surface area contributed by atoms with Gasteiger partial charge in [-0.05, 0) is 12.1 Å². The summed E-state index contributed by atoms with van der Waals surface area (Å²) < 4.78 is 35.3. The second-order valence-electron chi connectivity index (χ2n) is 2.47. The molecule has 1 amide bonds. The van der Waals surface area contributed by atoms with Crippen LogP contribution in [0.1, 0.15) is 0 Å². The summed E-state index contributed by atoms with van der Waals surface area (Å²) in [4.78, 5) is 10.4. The molecule has 0 aliphatic rings. The van der Waals surface area contributed by atoms with Gasteiger partial charge in [-0.3, -0.25) is 4.79 Å². The van der Waals surface area contributed by atoms with Crippen molar-refractivity contribution < 1.29 is 23.1 Å². The fourth-order valence-electron chi connectivity index (χ4n) is 0.773. The topological polar surface area (TPSA) is 49.3 Å². The Morgan fingerprint density at radius 1 is 1.29 bits per heavy atom. The number of hydrogen-bond donors (Lipinski definition) is 2. The summed E-state index contributed by atoms with van der Waals surface area (Å²) in [6, 6.07) is 5.16. The van der Waals surface area contributed by atoms with Crippen molar-refractivity contribution in [3.05, 3.63) is 24.3 Å². The molecule has 0 unspecified atom stereocenters. The standard InChI is InChI=1S/C8H6F3NO2/c9-8(10,11)7(14)12-5-3-1-2-4-6(5)13/h1-4,13H,(H,12,14). The van der Waals surface area contributed by atoms with Crippen LogP contribution in [0.5, 0.6) is 5.75 Å². The summed E-state index contributed by atoms with van der Waals surface area (Å²) >= 11 is 0. The van der Waals surface area contributed by atoms with Crippen LogP contribution in [-0.4, -0.2) is 17.2 Å². The molecular weight excluding hydrogens is 199 g/mol. The van der Waals surface area contributed by atoms with Crippen molar-refractivity contribution in [2.45, 2.75) is 6.18 Å². The zero-order valence-corrected chi connectivity index (χ0v) is 6.80. The van der Waals surface area contributed by atoms with E-state index in [1.54, 1.807) is 0 Å². The normalized spacial score (nSPS) is 11.1. The minimum absolute atomic E-state index is 0.269. The van der Waals surface area contributed by atoms with Gasteiger partial charge in [-0.2, -0.15) is 13.2 Å². The lowest BCUT2D eigenvalue weighted by Gasteiger charge is -2.08. The van der Waals surface area contributed by atoms with E-state index in [9.17, 15) is 18.0 Å². The zero-order valence-electron chi connectivity index (χ0n) is 6.80. The lowest BCUT2D eigenvalue weighted by atomic mass is 10.3. The molecule has 0 saturated carbocycles. The van der Waals surface area contributed by atoms with Gasteiger partial charge in [-0.25, -0.2) is 0 Å². The number of aromatic hydroxyl groups is 1. The number of amides is 1. The molecule has 14 heavy (non-hydrogen) atoms. The van der Waals surface area contributed by atoms with E-state index in [-0.39, 0.29) is 5.69 Å². The molecule has 0 radical (unpaired) electrons. The van der Waals surface area contributed by atoms with E-state index in [1.807, 2.05) is 0 Å². The van der Waals surface area contributed by atoms with Crippen LogP contribution in [-0.2, 0) is 4.79 Å². The van der Waals surface area contributed by atoms with Gasteiger partial charge in [0.05, 0.1) is 5.69 Å². The molecule has 2 N–H and O–H groups in total. The summed E-state index contributed by atoms with van der Waals surface area (Å²) in [7, 11) is 0. The first-order chi connectivity index (χ1) is 6.41. The van der Waals surface area contributed by atoms with Crippen LogP contribution in [0.4, 0.5) is 18.9 Å². The smallest absolute Gasteiger partial charge is 0.471 e. The van der Waals surface area contributed by atoms with Crippen LogP contribution in [0.15, 0.2) is 24.3 Å². The van der Waals surface area contributed by atoms with Crippen molar-refractivity contribution in [2.24, 2.45) is 0 Å². The van der Waals surface area contributed by atoms with E-state index in [0.717, 1.165) is 0 Å². The van der Waals surface area contributed by atoms with Gasteiger partial charge >= 0.3 is 12.1 Å². The van der Waals surface area contributed by atoms with Crippen LogP contribution >= 0.6 is 0 Å². The van der Waals surface area contributed by atoms with Gasteiger partial charge in [0.1, 0.15) is 5.75 Å². The summed E-state index contributed by atoms with van der Waals surface area (Å²) in [5.74, 6) is -2.52. The highest BCUT2D eigenvalue weighted by atomic mass is 19.4. The molecule has 0 saturated heterocycles. The second kappa shape index (κ2) is 3.57. The van der Waals surface area contributed by atoms with E-state index < -0.39 is 17.8 Å². The first-order valence-electron chi connectivity index (χ1n) is 3.57. The Bertz CT molecular complexity index is 349. The van der Waals surface area contributed by atoms with Crippen LogP contribution < -0.4 is 5.32 Å². The molecule has 0 aliphatic heterocycles. The third-order valence-corrected chi connectivity index (χ3v) is 1.41. The lowest BCUT2D eigenvalue weighted by molar-refractivity contribution is -0.167. The van der Waals surface area contributed by atoms with Crippen molar-refractivity contribution in [3.8, 4) is 5.75 Å². The SMILES string of the molecule is O=C(Nc1ccccc1O)C(F)(F)F. The molecule has 0 fully saturated rings. The van der Waals surface area contributed by atoms with E-state index in [2.05, 4.69) is 0 Å². The summed E-state index contributed by atoms with van der Waals surface area (Å²) in [5.41, 5.74) is -0.269. The number of alkyl halides is 3. The van der Waals surface area contributed by atoms with Crippen LogP contribution in [0, 0.1) is 0 Å².